The lowest BCUT2D eigenvalue weighted by molar-refractivity contribution is 0.0914. The first-order valence-electron chi connectivity index (χ1n) is 8.93. The average Bonchev–Trinajstić information content (AvgIpc) is 2.68. The highest BCUT2D eigenvalue weighted by Crippen LogP contribution is 2.24. The molecule has 0 aromatic heterocycles. The van der Waals surface area contributed by atoms with Gasteiger partial charge in [0, 0.05) is 18.2 Å². The van der Waals surface area contributed by atoms with E-state index in [2.05, 4.69) is 5.32 Å². The largest absolute Gasteiger partial charge is 0.489 e. The molecule has 3 rings (SSSR count). The second-order valence-corrected chi connectivity index (χ2v) is 6.67. The second-order valence-electron chi connectivity index (χ2n) is 6.67. The summed E-state index contributed by atoms with van der Waals surface area (Å²) >= 11 is 0. The summed E-state index contributed by atoms with van der Waals surface area (Å²) in [5, 5.41) is 12.3. The van der Waals surface area contributed by atoms with Crippen LogP contribution in [-0.4, -0.2) is 23.7 Å². The number of carbonyl (C=O) groups excluding carboxylic acids is 1. The highest BCUT2D eigenvalue weighted by atomic mass is 16.5. The van der Waals surface area contributed by atoms with Gasteiger partial charge in [0.25, 0.3) is 5.91 Å². The van der Waals surface area contributed by atoms with Crippen LogP contribution in [-0.2, 0) is 6.61 Å². The molecule has 1 aliphatic rings. The molecule has 1 aliphatic carbocycles. The van der Waals surface area contributed by atoms with Crippen LogP contribution < -0.4 is 10.1 Å². The van der Waals surface area contributed by atoms with E-state index in [0.29, 0.717) is 18.1 Å². The summed E-state index contributed by atoms with van der Waals surface area (Å²) in [7, 11) is 0. The number of aliphatic hydroxyl groups excluding tert-OH is 1. The van der Waals surface area contributed by atoms with Crippen molar-refractivity contribution in [2.75, 3.05) is 6.61 Å². The van der Waals surface area contributed by atoms with E-state index < -0.39 is 0 Å². The van der Waals surface area contributed by atoms with E-state index in [-0.39, 0.29) is 18.6 Å². The highest BCUT2D eigenvalue weighted by molar-refractivity contribution is 5.94. The standard InChI is InChI=1S/C21H25NO3/c23-14-16-6-10-19(11-7-16)22-21(24)18-8-12-20(13-9-18)25-15-17-4-2-1-3-5-17/h1-5,8-9,12-13,16,19,23H,6-7,10-11,14-15H2,(H,22,24). The molecular weight excluding hydrogens is 314 g/mol. The molecule has 0 radical (unpaired) electrons. The van der Waals surface area contributed by atoms with E-state index >= 15 is 0 Å². The van der Waals surface area contributed by atoms with Gasteiger partial charge in [0.05, 0.1) is 0 Å². The van der Waals surface area contributed by atoms with Gasteiger partial charge in [0.1, 0.15) is 12.4 Å². The van der Waals surface area contributed by atoms with Gasteiger partial charge in [-0.25, -0.2) is 0 Å². The number of nitrogens with one attached hydrogen (secondary N) is 1. The lowest BCUT2D eigenvalue weighted by Crippen LogP contribution is -2.38. The van der Waals surface area contributed by atoms with Crippen LogP contribution in [0.15, 0.2) is 54.6 Å². The minimum absolute atomic E-state index is 0.0398. The van der Waals surface area contributed by atoms with E-state index in [1.807, 2.05) is 42.5 Å². The summed E-state index contributed by atoms with van der Waals surface area (Å²) in [6.45, 7) is 0.769. The number of rotatable bonds is 6. The molecule has 1 saturated carbocycles. The van der Waals surface area contributed by atoms with Crippen molar-refractivity contribution in [1.29, 1.82) is 0 Å². The quantitative estimate of drug-likeness (QED) is 0.846. The molecule has 2 aromatic carbocycles. The smallest absolute Gasteiger partial charge is 0.251 e. The Labute approximate surface area is 148 Å². The van der Waals surface area contributed by atoms with Gasteiger partial charge < -0.3 is 15.2 Å². The average molecular weight is 339 g/mol. The third-order valence-corrected chi connectivity index (χ3v) is 4.81. The van der Waals surface area contributed by atoms with Crippen molar-refractivity contribution in [2.24, 2.45) is 5.92 Å². The maximum Gasteiger partial charge on any atom is 0.251 e. The fourth-order valence-electron chi connectivity index (χ4n) is 3.20. The number of aliphatic hydroxyl groups is 1. The molecule has 0 unspecified atom stereocenters. The van der Waals surface area contributed by atoms with Crippen LogP contribution in [0, 0.1) is 5.92 Å². The van der Waals surface area contributed by atoms with Crippen LogP contribution in [0.5, 0.6) is 5.75 Å². The van der Waals surface area contributed by atoms with Crippen molar-refractivity contribution in [2.45, 2.75) is 38.3 Å². The van der Waals surface area contributed by atoms with Crippen LogP contribution in [0.1, 0.15) is 41.6 Å². The van der Waals surface area contributed by atoms with Crippen LogP contribution in [0.3, 0.4) is 0 Å². The van der Waals surface area contributed by atoms with Gasteiger partial charge in [-0.1, -0.05) is 30.3 Å². The fourth-order valence-corrected chi connectivity index (χ4v) is 3.20. The minimum Gasteiger partial charge on any atom is -0.489 e. The Bertz CT molecular complexity index is 661. The number of benzene rings is 2. The molecule has 132 valence electrons. The molecule has 4 nitrogen and oxygen atoms in total. The Balaban J connectivity index is 1.49. The molecule has 0 atom stereocenters. The Hall–Kier alpha value is -2.33. The van der Waals surface area contributed by atoms with E-state index in [1.54, 1.807) is 12.1 Å². The summed E-state index contributed by atoms with van der Waals surface area (Å²) in [4.78, 5) is 12.4. The number of hydrogen-bond acceptors (Lipinski definition) is 3. The predicted molar refractivity (Wildman–Crippen MR) is 97.5 cm³/mol. The lowest BCUT2D eigenvalue weighted by Gasteiger charge is -2.27. The minimum atomic E-state index is -0.0398. The molecule has 0 saturated heterocycles. The van der Waals surface area contributed by atoms with Crippen molar-refractivity contribution in [3.05, 3.63) is 65.7 Å². The van der Waals surface area contributed by atoms with Gasteiger partial charge in [-0.2, -0.15) is 0 Å². The maximum absolute atomic E-state index is 12.4. The van der Waals surface area contributed by atoms with Gasteiger partial charge in [0.2, 0.25) is 0 Å². The predicted octanol–water partition coefficient (Wildman–Crippen LogP) is 3.55. The maximum atomic E-state index is 12.4. The Morgan fingerprint density at radius 2 is 1.68 bits per heavy atom. The Morgan fingerprint density at radius 1 is 1.00 bits per heavy atom. The fraction of sp³-hybridized carbons (Fsp3) is 0.381. The van der Waals surface area contributed by atoms with Crippen LogP contribution in [0.25, 0.3) is 0 Å². The summed E-state index contributed by atoms with van der Waals surface area (Å²) in [5.41, 5.74) is 1.76. The van der Waals surface area contributed by atoms with Gasteiger partial charge in [-0.15, -0.1) is 0 Å². The third kappa shape index (κ3) is 5.07. The first-order chi connectivity index (χ1) is 12.2. The first kappa shape index (κ1) is 17.5. The SMILES string of the molecule is O=C(NC1CCC(CO)CC1)c1ccc(OCc2ccccc2)cc1. The summed E-state index contributed by atoms with van der Waals surface area (Å²) in [6, 6.07) is 17.5. The highest BCUT2D eigenvalue weighted by Gasteiger charge is 2.22. The van der Waals surface area contributed by atoms with E-state index in [0.717, 1.165) is 37.0 Å². The van der Waals surface area contributed by atoms with Crippen LogP contribution in [0.4, 0.5) is 0 Å². The summed E-state index contributed by atoms with van der Waals surface area (Å²) in [5.74, 6) is 1.11. The lowest BCUT2D eigenvalue weighted by atomic mass is 9.86. The van der Waals surface area contributed by atoms with E-state index in [4.69, 9.17) is 4.74 Å². The van der Waals surface area contributed by atoms with Crippen molar-refractivity contribution in [1.82, 2.24) is 5.32 Å². The van der Waals surface area contributed by atoms with Gasteiger partial charge >= 0.3 is 0 Å². The Kier molecular flexibility index (Phi) is 6.07. The monoisotopic (exact) mass is 339 g/mol. The molecule has 0 aliphatic heterocycles. The zero-order chi connectivity index (χ0) is 17.5. The molecule has 1 amide bonds. The molecule has 1 fully saturated rings. The molecule has 0 spiro atoms. The van der Waals surface area contributed by atoms with Gasteiger partial charge in [-0.3, -0.25) is 4.79 Å². The molecule has 0 bridgehead atoms. The zero-order valence-corrected chi connectivity index (χ0v) is 14.4. The summed E-state index contributed by atoms with van der Waals surface area (Å²) < 4.78 is 5.75. The van der Waals surface area contributed by atoms with Crippen molar-refractivity contribution >= 4 is 5.91 Å². The first-order valence-corrected chi connectivity index (χ1v) is 8.93. The van der Waals surface area contributed by atoms with Crippen molar-refractivity contribution in [3.63, 3.8) is 0 Å². The van der Waals surface area contributed by atoms with Crippen LogP contribution >= 0.6 is 0 Å². The van der Waals surface area contributed by atoms with Crippen LogP contribution in [0.2, 0.25) is 0 Å². The zero-order valence-electron chi connectivity index (χ0n) is 14.4. The van der Waals surface area contributed by atoms with Gasteiger partial charge in [-0.05, 0) is 61.4 Å². The number of carbonyl (C=O) groups is 1. The number of amides is 1. The second kappa shape index (κ2) is 8.67. The third-order valence-electron chi connectivity index (χ3n) is 4.81. The molecule has 2 N–H and O–H groups in total. The molecule has 0 heterocycles. The number of ether oxygens (including phenoxy) is 1. The number of hydrogen-bond donors (Lipinski definition) is 2. The van der Waals surface area contributed by atoms with E-state index in [9.17, 15) is 9.90 Å². The molecule has 4 heteroatoms. The van der Waals surface area contributed by atoms with E-state index in [1.165, 1.54) is 0 Å². The summed E-state index contributed by atoms with van der Waals surface area (Å²) in [6.07, 6.45) is 3.84. The van der Waals surface area contributed by atoms with Crippen molar-refractivity contribution in [3.8, 4) is 5.75 Å². The van der Waals surface area contributed by atoms with Crippen molar-refractivity contribution < 1.29 is 14.6 Å². The molecular formula is C21H25NO3. The molecule has 25 heavy (non-hydrogen) atoms. The molecule has 2 aromatic rings. The normalized spacial score (nSPS) is 20.0. The topological polar surface area (TPSA) is 58.6 Å². The Morgan fingerprint density at radius 3 is 2.32 bits per heavy atom. The van der Waals surface area contributed by atoms with Gasteiger partial charge in [0.15, 0.2) is 0 Å².